The summed E-state index contributed by atoms with van der Waals surface area (Å²) in [5, 5.41) is 0. The van der Waals surface area contributed by atoms with Crippen molar-refractivity contribution in [1.29, 1.82) is 0 Å². The first-order valence-electron chi connectivity index (χ1n) is 10.0. The zero-order valence-corrected chi connectivity index (χ0v) is 16.8. The van der Waals surface area contributed by atoms with Gasteiger partial charge in [0.1, 0.15) is 11.7 Å². The molecule has 2 aliphatic heterocycles. The van der Waals surface area contributed by atoms with Crippen LogP contribution in [0, 0.1) is 0 Å². The summed E-state index contributed by atoms with van der Waals surface area (Å²) in [5.41, 5.74) is 0.468. The molecule has 0 N–H and O–H groups in total. The van der Waals surface area contributed by atoms with Gasteiger partial charge in [0.2, 0.25) is 11.8 Å². The summed E-state index contributed by atoms with van der Waals surface area (Å²) < 4.78 is 11.5. The second-order valence-corrected chi connectivity index (χ2v) is 8.91. The highest BCUT2D eigenvalue weighted by atomic mass is 16.6. The summed E-state index contributed by atoms with van der Waals surface area (Å²) in [4.78, 5) is 37.3. The lowest BCUT2D eigenvalue weighted by Gasteiger charge is -2.28. The van der Waals surface area contributed by atoms with Gasteiger partial charge in [0.05, 0.1) is 30.7 Å². The molecule has 3 fully saturated rings. The average molecular weight is 388 g/mol. The molecule has 1 aromatic rings. The Kier molecular flexibility index (Phi) is 4.89. The quantitative estimate of drug-likeness (QED) is 0.790. The van der Waals surface area contributed by atoms with E-state index in [-0.39, 0.29) is 24.1 Å². The van der Waals surface area contributed by atoms with Gasteiger partial charge in [-0.15, -0.1) is 0 Å². The van der Waals surface area contributed by atoms with Gasteiger partial charge in [-0.3, -0.25) is 9.78 Å². The second kappa shape index (κ2) is 7.22. The topological polar surface area (TPSA) is 84.9 Å². The Morgan fingerprint density at radius 2 is 1.96 bits per heavy atom. The van der Waals surface area contributed by atoms with E-state index in [1.165, 1.54) is 12.8 Å². The molecule has 2 saturated heterocycles. The average Bonchev–Trinajstić information content (AvgIpc) is 3.41. The van der Waals surface area contributed by atoms with E-state index in [9.17, 15) is 9.59 Å². The van der Waals surface area contributed by atoms with Gasteiger partial charge >= 0.3 is 6.09 Å². The van der Waals surface area contributed by atoms with E-state index in [4.69, 9.17) is 9.47 Å². The lowest BCUT2D eigenvalue weighted by atomic mass is 10.2. The Morgan fingerprint density at radius 3 is 2.61 bits per heavy atom. The molecule has 152 valence electrons. The summed E-state index contributed by atoms with van der Waals surface area (Å²) >= 11 is 0. The highest BCUT2D eigenvalue weighted by Crippen LogP contribution is 2.38. The first-order valence-corrected chi connectivity index (χ1v) is 10.0. The van der Waals surface area contributed by atoms with Gasteiger partial charge in [-0.2, -0.15) is 0 Å². The number of amides is 2. The monoisotopic (exact) mass is 388 g/mol. The fraction of sp³-hybridized carbons (Fsp3) is 0.700. The third-order valence-electron chi connectivity index (χ3n) is 5.31. The van der Waals surface area contributed by atoms with Crippen LogP contribution in [0.25, 0.3) is 0 Å². The molecule has 8 nitrogen and oxygen atoms in total. The molecule has 28 heavy (non-hydrogen) atoms. The maximum atomic E-state index is 12.5. The molecule has 2 amide bonds. The Hall–Kier alpha value is -2.38. The van der Waals surface area contributed by atoms with E-state index in [1.54, 1.807) is 17.3 Å². The molecular formula is C20H28N4O4. The summed E-state index contributed by atoms with van der Waals surface area (Å²) in [6, 6.07) is -0.0637. The van der Waals surface area contributed by atoms with Crippen molar-refractivity contribution in [3.63, 3.8) is 0 Å². The number of nitrogens with zero attached hydrogens (tertiary/aromatic N) is 4. The van der Waals surface area contributed by atoms with Gasteiger partial charge in [-0.05, 0) is 33.6 Å². The summed E-state index contributed by atoms with van der Waals surface area (Å²) in [6.07, 6.45) is 6.29. The van der Waals surface area contributed by atoms with Gasteiger partial charge in [-0.1, -0.05) is 0 Å². The summed E-state index contributed by atoms with van der Waals surface area (Å²) in [7, 11) is 0. The van der Waals surface area contributed by atoms with Crippen LogP contribution in [0.5, 0.6) is 5.88 Å². The molecule has 0 bridgehead atoms. The molecule has 1 aliphatic carbocycles. The van der Waals surface area contributed by atoms with Crippen LogP contribution in [0.15, 0.2) is 12.4 Å². The maximum Gasteiger partial charge on any atom is 0.410 e. The molecule has 0 radical (unpaired) electrons. The van der Waals surface area contributed by atoms with Gasteiger partial charge < -0.3 is 19.3 Å². The molecule has 0 spiro atoms. The predicted molar refractivity (Wildman–Crippen MR) is 101 cm³/mol. The number of ether oxygens (including phenoxy) is 2. The van der Waals surface area contributed by atoms with Crippen LogP contribution >= 0.6 is 0 Å². The van der Waals surface area contributed by atoms with Crippen molar-refractivity contribution in [3.8, 4) is 5.88 Å². The van der Waals surface area contributed by atoms with E-state index in [2.05, 4.69) is 9.97 Å². The van der Waals surface area contributed by atoms with Gasteiger partial charge in [0.25, 0.3) is 0 Å². The highest BCUT2D eigenvalue weighted by Gasteiger charge is 2.41. The lowest BCUT2D eigenvalue weighted by molar-refractivity contribution is -0.131. The van der Waals surface area contributed by atoms with Crippen LogP contribution in [0.2, 0.25) is 0 Å². The number of carbonyl (C=O) groups excluding carboxylic acids is 2. The Balaban J connectivity index is 1.38. The van der Waals surface area contributed by atoms with Crippen LogP contribution < -0.4 is 4.74 Å². The summed E-state index contributed by atoms with van der Waals surface area (Å²) in [5.74, 6) is 1.10. The normalized spacial score (nSPS) is 25.3. The molecule has 2 atom stereocenters. The van der Waals surface area contributed by atoms with Crippen LogP contribution in [-0.2, 0) is 9.53 Å². The second-order valence-electron chi connectivity index (χ2n) is 8.91. The zero-order valence-electron chi connectivity index (χ0n) is 16.8. The van der Waals surface area contributed by atoms with Crippen molar-refractivity contribution in [2.45, 2.75) is 70.1 Å². The van der Waals surface area contributed by atoms with Gasteiger partial charge in [0, 0.05) is 31.8 Å². The molecule has 1 aromatic heterocycles. The first kappa shape index (κ1) is 19.0. The van der Waals surface area contributed by atoms with Crippen LogP contribution in [0.3, 0.4) is 0 Å². The number of carbonyl (C=O) groups is 2. The fourth-order valence-corrected chi connectivity index (χ4v) is 3.80. The first-order chi connectivity index (χ1) is 13.3. The Labute approximate surface area is 165 Å². The van der Waals surface area contributed by atoms with Crippen LogP contribution in [0.1, 0.15) is 58.1 Å². The Morgan fingerprint density at radius 1 is 1.18 bits per heavy atom. The van der Waals surface area contributed by atoms with Crippen molar-refractivity contribution in [2.24, 2.45) is 0 Å². The number of hydrogen-bond acceptors (Lipinski definition) is 6. The van der Waals surface area contributed by atoms with Crippen molar-refractivity contribution in [3.05, 3.63) is 18.1 Å². The Bertz CT molecular complexity index is 742. The van der Waals surface area contributed by atoms with Crippen molar-refractivity contribution in [2.75, 3.05) is 19.6 Å². The van der Waals surface area contributed by atoms with Crippen LogP contribution in [-0.4, -0.2) is 69.1 Å². The van der Waals surface area contributed by atoms with Crippen LogP contribution in [0.4, 0.5) is 4.79 Å². The van der Waals surface area contributed by atoms with Crippen molar-refractivity contribution < 1.29 is 19.1 Å². The molecule has 0 aromatic carbocycles. The van der Waals surface area contributed by atoms with E-state index in [0.717, 1.165) is 5.69 Å². The van der Waals surface area contributed by atoms with E-state index in [1.807, 2.05) is 25.7 Å². The largest absolute Gasteiger partial charge is 0.471 e. The number of hydrogen-bond donors (Lipinski definition) is 0. The molecule has 1 saturated carbocycles. The van der Waals surface area contributed by atoms with Crippen molar-refractivity contribution in [1.82, 2.24) is 19.8 Å². The fourth-order valence-electron chi connectivity index (χ4n) is 3.80. The van der Waals surface area contributed by atoms with Gasteiger partial charge in [-0.25, -0.2) is 9.78 Å². The van der Waals surface area contributed by atoms with E-state index >= 15 is 0 Å². The number of fused-ring (bicyclic) bond motifs is 1. The highest BCUT2D eigenvalue weighted by molar-refractivity contribution is 5.79. The molecule has 0 unspecified atom stereocenters. The molecular weight excluding hydrogens is 360 g/mol. The minimum atomic E-state index is -0.556. The smallest absolute Gasteiger partial charge is 0.410 e. The minimum absolute atomic E-state index is 0.0531. The lowest BCUT2D eigenvalue weighted by Crippen LogP contribution is -2.42. The molecule has 3 aliphatic rings. The zero-order chi connectivity index (χ0) is 19.9. The van der Waals surface area contributed by atoms with E-state index < -0.39 is 5.60 Å². The number of aromatic nitrogens is 2. The molecule has 8 heteroatoms. The third kappa shape index (κ3) is 4.36. The molecule has 4 rings (SSSR count). The standard InChI is InChI=1S/C20H28N4O4/c1-20(2,3)28-19(26)23-7-6-18(25)24-12-15(8-14(24)11-23)27-17-10-21-16(9-22-17)13-4-5-13/h9-10,13-15H,4-8,11-12H2,1-3H3/t14-,15-/m1/s1. The summed E-state index contributed by atoms with van der Waals surface area (Å²) in [6.45, 7) is 6.89. The van der Waals surface area contributed by atoms with Crippen molar-refractivity contribution >= 4 is 12.0 Å². The third-order valence-corrected chi connectivity index (χ3v) is 5.31. The van der Waals surface area contributed by atoms with Gasteiger partial charge in [0.15, 0.2) is 0 Å². The van der Waals surface area contributed by atoms with E-state index in [0.29, 0.717) is 44.3 Å². The minimum Gasteiger partial charge on any atom is -0.471 e. The SMILES string of the molecule is CC(C)(C)OC(=O)N1CCC(=O)N2C[C@H](Oc3cnc(C4CC4)cn3)C[C@@H]2C1. The number of rotatable bonds is 3. The molecule has 3 heterocycles. The predicted octanol–water partition coefficient (Wildman–Crippen LogP) is 2.34. The maximum absolute atomic E-state index is 12.5.